The van der Waals surface area contributed by atoms with E-state index in [1.165, 1.54) is 0 Å². The predicted octanol–water partition coefficient (Wildman–Crippen LogP) is 1.71. The molecule has 0 aliphatic rings. The molecule has 0 rings (SSSR count). The molecule has 0 aliphatic carbocycles. The maximum absolute atomic E-state index is 12.1. The van der Waals surface area contributed by atoms with E-state index in [0.29, 0.717) is 13.1 Å². The molecule has 0 aliphatic heterocycles. The van der Waals surface area contributed by atoms with E-state index >= 15 is 0 Å². The Morgan fingerprint density at radius 2 is 1.57 bits per heavy atom. The Hall–Kier alpha value is -1.79. The van der Waals surface area contributed by atoms with Crippen LogP contribution in [0.4, 0.5) is 4.79 Å². The molecule has 0 aromatic carbocycles. The summed E-state index contributed by atoms with van der Waals surface area (Å²) in [5.41, 5.74) is -0.646. The first-order valence-corrected chi connectivity index (χ1v) is 8.23. The number of hydrogen-bond acceptors (Lipinski definition) is 4. The van der Waals surface area contributed by atoms with Crippen molar-refractivity contribution in [2.24, 2.45) is 0 Å². The summed E-state index contributed by atoms with van der Waals surface area (Å²) in [6.07, 6.45) is 1.37. The summed E-state index contributed by atoms with van der Waals surface area (Å²) < 4.78 is 5.16. The van der Waals surface area contributed by atoms with Crippen LogP contribution in [0.2, 0.25) is 0 Å². The fourth-order valence-corrected chi connectivity index (χ4v) is 1.72. The molecule has 0 radical (unpaired) electrons. The lowest BCUT2D eigenvalue weighted by Gasteiger charge is -2.23. The van der Waals surface area contributed by atoms with E-state index in [1.807, 2.05) is 13.8 Å². The van der Waals surface area contributed by atoms with Crippen LogP contribution in [0.25, 0.3) is 0 Å². The molecule has 0 aromatic rings. The fourth-order valence-electron chi connectivity index (χ4n) is 1.72. The molecule has 0 bridgehead atoms. The van der Waals surface area contributed by atoms with E-state index in [4.69, 9.17) is 4.74 Å². The van der Waals surface area contributed by atoms with Crippen molar-refractivity contribution in [1.82, 2.24) is 16.0 Å². The van der Waals surface area contributed by atoms with E-state index in [1.54, 1.807) is 20.8 Å². The van der Waals surface area contributed by atoms with Gasteiger partial charge in [0, 0.05) is 19.5 Å². The molecule has 3 N–H and O–H groups in total. The van der Waals surface area contributed by atoms with Gasteiger partial charge >= 0.3 is 6.09 Å². The van der Waals surface area contributed by atoms with Crippen LogP contribution in [-0.2, 0) is 14.3 Å². The van der Waals surface area contributed by atoms with Crippen molar-refractivity contribution in [3.8, 4) is 0 Å². The number of carbonyl (C=O) groups is 3. The van der Waals surface area contributed by atoms with Gasteiger partial charge in [-0.1, -0.05) is 13.8 Å². The third kappa shape index (κ3) is 11.4. The third-order valence-electron chi connectivity index (χ3n) is 2.79. The van der Waals surface area contributed by atoms with Gasteiger partial charge in [0.05, 0.1) is 0 Å². The molecular weight excluding hydrogens is 298 g/mol. The average molecular weight is 329 g/mol. The van der Waals surface area contributed by atoms with Crippen molar-refractivity contribution in [2.75, 3.05) is 13.1 Å². The lowest BCUT2D eigenvalue weighted by atomic mass is 10.1. The SMILES string of the molecule is CCCNC(=O)CC[C@H](NC(=O)OC(C)(C)C)C(=O)NCCC. The highest BCUT2D eigenvalue weighted by atomic mass is 16.6. The molecule has 0 aromatic heterocycles. The second-order valence-electron chi connectivity index (χ2n) is 6.38. The highest BCUT2D eigenvalue weighted by Crippen LogP contribution is 2.08. The number of alkyl carbamates (subject to hydrolysis) is 1. The molecule has 0 spiro atoms. The van der Waals surface area contributed by atoms with Crippen LogP contribution in [0.5, 0.6) is 0 Å². The second kappa shape index (κ2) is 10.9. The molecule has 3 amide bonds. The number of rotatable bonds is 9. The van der Waals surface area contributed by atoms with Crippen LogP contribution in [0, 0.1) is 0 Å². The Morgan fingerprint density at radius 1 is 1.00 bits per heavy atom. The smallest absolute Gasteiger partial charge is 0.408 e. The Balaban J connectivity index is 4.59. The van der Waals surface area contributed by atoms with Gasteiger partial charge in [0.15, 0.2) is 0 Å². The number of amides is 3. The van der Waals surface area contributed by atoms with E-state index < -0.39 is 17.7 Å². The highest BCUT2D eigenvalue weighted by molar-refractivity contribution is 5.86. The number of ether oxygens (including phenoxy) is 1. The fraction of sp³-hybridized carbons (Fsp3) is 0.812. The van der Waals surface area contributed by atoms with Crippen molar-refractivity contribution < 1.29 is 19.1 Å². The van der Waals surface area contributed by atoms with Gasteiger partial charge in [0.25, 0.3) is 0 Å². The summed E-state index contributed by atoms with van der Waals surface area (Å²) in [4.78, 5) is 35.6. The first-order valence-electron chi connectivity index (χ1n) is 8.23. The minimum absolute atomic E-state index is 0.133. The van der Waals surface area contributed by atoms with Crippen LogP contribution >= 0.6 is 0 Å². The molecule has 0 unspecified atom stereocenters. The van der Waals surface area contributed by atoms with E-state index in [-0.39, 0.29) is 24.7 Å². The van der Waals surface area contributed by atoms with Crippen LogP contribution < -0.4 is 16.0 Å². The van der Waals surface area contributed by atoms with Crippen LogP contribution in [0.1, 0.15) is 60.3 Å². The Kier molecular flexibility index (Phi) is 10.0. The zero-order chi connectivity index (χ0) is 17.9. The summed E-state index contributed by atoms with van der Waals surface area (Å²) in [7, 11) is 0. The molecule has 134 valence electrons. The van der Waals surface area contributed by atoms with Crippen LogP contribution in [0.3, 0.4) is 0 Å². The minimum Gasteiger partial charge on any atom is -0.444 e. The second-order valence-corrected chi connectivity index (χ2v) is 6.38. The van der Waals surface area contributed by atoms with Gasteiger partial charge in [-0.2, -0.15) is 0 Å². The first-order chi connectivity index (χ1) is 10.7. The minimum atomic E-state index is -0.788. The van der Waals surface area contributed by atoms with Crippen LogP contribution in [0.15, 0.2) is 0 Å². The number of carbonyl (C=O) groups excluding carboxylic acids is 3. The van der Waals surface area contributed by atoms with Crippen molar-refractivity contribution in [2.45, 2.75) is 71.9 Å². The average Bonchev–Trinajstić information content (AvgIpc) is 2.44. The molecule has 0 saturated carbocycles. The lowest BCUT2D eigenvalue weighted by Crippen LogP contribution is -2.48. The van der Waals surface area contributed by atoms with Gasteiger partial charge in [-0.3, -0.25) is 9.59 Å². The van der Waals surface area contributed by atoms with E-state index in [9.17, 15) is 14.4 Å². The maximum atomic E-state index is 12.1. The topological polar surface area (TPSA) is 96.5 Å². The first kappa shape index (κ1) is 21.2. The molecular formula is C16H31N3O4. The van der Waals surface area contributed by atoms with Gasteiger partial charge in [0.2, 0.25) is 11.8 Å². The maximum Gasteiger partial charge on any atom is 0.408 e. The Bertz CT molecular complexity index is 391. The Labute approximate surface area is 138 Å². The van der Waals surface area contributed by atoms with Gasteiger partial charge in [-0.15, -0.1) is 0 Å². The normalized spacial score (nSPS) is 12.2. The van der Waals surface area contributed by atoms with Gasteiger partial charge in [-0.25, -0.2) is 4.79 Å². The van der Waals surface area contributed by atoms with Crippen LogP contribution in [-0.4, -0.2) is 42.6 Å². The van der Waals surface area contributed by atoms with E-state index in [0.717, 1.165) is 12.8 Å². The van der Waals surface area contributed by atoms with Gasteiger partial charge < -0.3 is 20.7 Å². The van der Waals surface area contributed by atoms with Crippen molar-refractivity contribution in [1.29, 1.82) is 0 Å². The quantitative estimate of drug-likeness (QED) is 0.600. The summed E-state index contributed by atoms with van der Waals surface area (Å²) >= 11 is 0. The molecule has 7 nitrogen and oxygen atoms in total. The van der Waals surface area contributed by atoms with Gasteiger partial charge in [-0.05, 0) is 40.0 Å². The lowest BCUT2D eigenvalue weighted by molar-refractivity contribution is -0.124. The van der Waals surface area contributed by atoms with Crippen molar-refractivity contribution in [3.63, 3.8) is 0 Å². The molecule has 7 heteroatoms. The van der Waals surface area contributed by atoms with E-state index in [2.05, 4.69) is 16.0 Å². The largest absolute Gasteiger partial charge is 0.444 e. The number of nitrogens with one attached hydrogen (secondary N) is 3. The Morgan fingerprint density at radius 3 is 2.09 bits per heavy atom. The van der Waals surface area contributed by atoms with Gasteiger partial charge in [0.1, 0.15) is 11.6 Å². The van der Waals surface area contributed by atoms with Crippen molar-refractivity contribution >= 4 is 17.9 Å². The summed E-state index contributed by atoms with van der Waals surface area (Å²) in [6.45, 7) is 10.3. The standard InChI is InChI=1S/C16H31N3O4/c1-6-10-17-13(20)9-8-12(14(21)18-11-7-2)19-15(22)23-16(3,4)5/h12H,6-11H2,1-5H3,(H,17,20)(H,18,21)(H,19,22)/t12-/m0/s1. The molecule has 0 saturated heterocycles. The summed E-state index contributed by atoms with van der Waals surface area (Å²) in [6, 6.07) is -0.788. The molecule has 0 fully saturated rings. The zero-order valence-electron chi connectivity index (χ0n) is 15.0. The summed E-state index contributed by atoms with van der Waals surface area (Å²) in [5, 5.41) is 8.01. The van der Waals surface area contributed by atoms with Crippen molar-refractivity contribution in [3.05, 3.63) is 0 Å². The monoisotopic (exact) mass is 329 g/mol. The third-order valence-corrected chi connectivity index (χ3v) is 2.79. The number of hydrogen-bond donors (Lipinski definition) is 3. The molecule has 0 heterocycles. The predicted molar refractivity (Wildman–Crippen MR) is 89.0 cm³/mol. The molecule has 1 atom stereocenters. The zero-order valence-corrected chi connectivity index (χ0v) is 15.0. The highest BCUT2D eigenvalue weighted by Gasteiger charge is 2.24. The molecule has 23 heavy (non-hydrogen) atoms. The summed E-state index contributed by atoms with van der Waals surface area (Å²) in [5.74, 6) is -0.438.